The summed E-state index contributed by atoms with van der Waals surface area (Å²) in [6, 6.07) is 28.9. The van der Waals surface area contributed by atoms with Crippen LogP contribution in [0.25, 0.3) is 33.2 Å². The predicted octanol–water partition coefficient (Wildman–Crippen LogP) is 6.12. The molecule has 0 aliphatic rings. The topological polar surface area (TPSA) is 126 Å². The van der Waals surface area contributed by atoms with E-state index in [1.54, 1.807) is 6.07 Å². The summed E-state index contributed by atoms with van der Waals surface area (Å²) in [6.45, 7) is -0.704. The Morgan fingerprint density at radius 1 is 0.895 bits per heavy atom. The van der Waals surface area contributed by atoms with Crippen LogP contribution in [0.2, 0.25) is 0 Å². The number of hydrogen-bond acceptors (Lipinski definition) is 6. The summed E-state index contributed by atoms with van der Waals surface area (Å²) in [6.07, 6.45) is 0.637. The van der Waals surface area contributed by atoms with Gasteiger partial charge in [0.15, 0.2) is 0 Å². The number of nitro benzene ring substituents is 1. The molecule has 3 N–H and O–H groups in total. The van der Waals surface area contributed by atoms with Gasteiger partial charge in [-0.05, 0) is 34.4 Å². The molecule has 0 saturated heterocycles. The third kappa shape index (κ3) is 4.98. The molecule has 1 aromatic heterocycles. The number of carboxylic acid groups (broad SMARTS) is 1. The van der Waals surface area contributed by atoms with Crippen molar-refractivity contribution >= 4 is 28.3 Å². The summed E-state index contributed by atoms with van der Waals surface area (Å²) in [5.74, 6) is -0.451. The molecule has 0 saturated carbocycles. The van der Waals surface area contributed by atoms with Crippen LogP contribution in [-0.4, -0.2) is 33.8 Å². The van der Waals surface area contributed by atoms with Gasteiger partial charge in [0.05, 0.1) is 11.5 Å². The number of nitro groups is 1. The molecular formula is C30H24N2O6. The average Bonchev–Trinajstić information content (AvgIpc) is 3.29. The predicted molar refractivity (Wildman–Crippen MR) is 145 cm³/mol. The third-order valence-corrected chi connectivity index (χ3v) is 6.39. The van der Waals surface area contributed by atoms with Gasteiger partial charge in [-0.1, -0.05) is 78.9 Å². The first kappa shape index (κ1) is 24.7. The number of hydrogen-bond donors (Lipinski definition) is 3. The van der Waals surface area contributed by atoms with Crippen molar-refractivity contribution in [3.05, 3.63) is 118 Å². The van der Waals surface area contributed by atoms with Gasteiger partial charge in [-0.15, -0.1) is 0 Å². The lowest BCUT2D eigenvalue weighted by Crippen LogP contribution is -2.32. The number of anilines is 1. The number of aliphatic hydroxyl groups excluding tert-OH is 1. The minimum atomic E-state index is -1.35. The molecule has 5 rings (SSSR count). The van der Waals surface area contributed by atoms with Crippen LogP contribution in [0.3, 0.4) is 0 Å². The van der Waals surface area contributed by atoms with Gasteiger partial charge in [-0.2, -0.15) is 0 Å². The molecule has 0 aliphatic heterocycles. The van der Waals surface area contributed by atoms with Crippen molar-refractivity contribution in [1.82, 2.24) is 0 Å². The van der Waals surface area contributed by atoms with Gasteiger partial charge >= 0.3 is 5.97 Å². The molecule has 1 heterocycles. The minimum Gasteiger partial charge on any atom is -0.480 e. The van der Waals surface area contributed by atoms with Crippen LogP contribution in [0.15, 0.2) is 101 Å². The van der Waals surface area contributed by atoms with E-state index in [9.17, 15) is 25.1 Å². The molecular weight excluding hydrogens is 484 g/mol. The molecule has 190 valence electrons. The highest BCUT2D eigenvalue weighted by Gasteiger charge is 2.22. The number of benzene rings is 4. The molecule has 1 atom stereocenters. The van der Waals surface area contributed by atoms with E-state index in [0.29, 0.717) is 12.0 Å². The number of aliphatic hydroxyl groups is 1. The van der Waals surface area contributed by atoms with E-state index >= 15 is 0 Å². The van der Waals surface area contributed by atoms with Crippen molar-refractivity contribution in [2.45, 2.75) is 12.5 Å². The zero-order valence-corrected chi connectivity index (χ0v) is 20.2. The second kappa shape index (κ2) is 10.6. The van der Waals surface area contributed by atoms with Crippen molar-refractivity contribution in [2.24, 2.45) is 0 Å². The summed E-state index contributed by atoms with van der Waals surface area (Å²) >= 11 is 0. The molecule has 1 unspecified atom stereocenters. The Labute approximate surface area is 217 Å². The zero-order chi connectivity index (χ0) is 26.6. The first-order valence-corrected chi connectivity index (χ1v) is 12.0. The molecule has 5 aromatic rings. The SMILES string of the molecule is O=C(O)C(CO)Nc1ccc(-c2ccc(-c3c(Cc4ccccc4)oc4ccccc34)cc2)cc1[N+](=O)[O-]. The summed E-state index contributed by atoms with van der Waals surface area (Å²) in [4.78, 5) is 22.4. The van der Waals surface area contributed by atoms with Crippen LogP contribution in [0.1, 0.15) is 11.3 Å². The lowest BCUT2D eigenvalue weighted by Gasteiger charge is -2.14. The maximum atomic E-state index is 11.7. The van der Waals surface area contributed by atoms with Crippen LogP contribution in [-0.2, 0) is 11.2 Å². The monoisotopic (exact) mass is 508 g/mol. The summed E-state index contributed by atoms with van der Waals surface area (Å²) < 4.78 is 6.24. The molecule has 8 nitrogen and oxygen atoms in total. The highest BCUT2D eigenvalue weighted by molar-refractivity contribution is 5.96. The number of nitrogens with zero attached hydrogens (tertiary/aromatic N) is 1. The van der Waals surface area contributed by atoms with E-state index in [0.717, 1.165) is 39.0 Å². The second-order valence-electron chi connectivity index (χ2n) is 8.84. The smallest absolute Gasteiger partial charge is 0.328 e. The third-order valence-electron chi connectivity index (χ3n) is 6.39. The normalized spacial score (nSPS) is 11.8. The van der Waals surface area contributed by atoms with E-state index in [-0.39, 0.29) is 11.4 Å². The van der Waals surface area contributed by atoms with Crippen molar-refractivity contribution in [2.75, 3.05) is 11.9 Å². The minimum absolute atomic E-state index is 0.0206. The zero-order valence-electron chi connectivity index (χ0n) is 20.2. The van der Waals surface area contributed by atoms with Gasteiger partial charge in [0.25, 0.3) is 5.69 Å². The fourth-order valence-electron chi connectivity index (χ4n) is 4.51. The van der Waals surface area contributed by atoms with Gasteiger partial charge in [0.2, 0.25) is 0 Å². The highest BCUT2D eigenvalue weighted by atomic mass is 16.6. The molecule has 0 fully saturated rings. The van der Waals surface area contributed by atoms with Crippen LogP contribution in [0.4, 0.5) is 11.4 Å². The largest absolute Gasteiger partial charge is 0.480 e. The number of fused-ring (bicyclic) bond motifs is 1. The summed E-state index contributed by atoms with van der Waals surface area (Å²) in [5.41, 5.74) is 5.01. The Hall–Kier alpha value is -4.95. The first-order valence-electron chi connectivity index (χ1n) is 12.0. The molecule has 8 heteroatoms. The number of carboxylic acids is 1. The molecule has 0 radical (unpaired) electrons. The van der Waals surface area contributed by atoms with Crippen LogP contribution in [0.5, 0.6) is 0 Å². The van der Waals surface area contributed by atoms with Crippen LogP contribution in [0, 0.1) is 10.1 Å². The fourth-order valence-corrected chi connectivity index (χ4v) is 4.51. The Morgan fingerprint density at radius 2 is 1.55 bits per heavy atom. The lowest BCUT2D eigenvalue weighted by atomic mass is 9.96. The Bertz CT molecular complexity index is 1610. The van der Waals surface area contributed by atoms with Gasteiger partial charge in [-0.3, -0.25) is 10.1 Å². The van der Waals surface area contributed by atoms with E-state index in [1.165, 1.54) is 12.1 Å². The number of para-hydroxylation sites is 1. The maximum absolute atomic E-state index is 11.7. The second-order valence-corrected chi connectivity index (χ2v) is 8.84. The average molecular weight is 509 g/mol. The standard InChI is InChI=1S/C30H24N2O6/c33-18-25(30(34)35)31-24-15-14-22(17-26(24)32(36)37)20-10-12-21(13-11-20)29-23-8-4-5-9-27(23)38-28(29)16-19-6-2-1-3-7-19/h1-15,17,25,31,33H,16,18H2,(H,34,35). The van der Waals surface area contributed by atoms with Crippen molar-refractivity contribution in [3.8, 4) is 22.3 Å². The van der Waals surface area contributed by atoms with E-state index in [4.69, 9.17) is 4.42 Å². The van der Waals surface area contributed by atoms with Gasteiger partial charge in [-0.25, -0.2) is 4.79 Å². The molecule has 0 bridgehead atoms. The lowest BCUT2D eigenvalue weighted by molar-refractivity contribution is -0.383. The molecule has 0 amide bonds. The first-order chi connectivity index (χ1) is 18.4. The maximum Gasteiger partial charge on any atom is 0.328 e. The Balaban J connectivity index is 1.50. The van der Waals surface area contributed by atoms with Crippen molar-refractivity contribution < 1.29 is 24.3 Å². The molecule has 38 heavy (non-hydrogen) atoms. The number of nitrogens with one attached hydrogen (secondary N) is 1. The van der Waals surface area contributed by atoms with E-state index < -0.39 is 23.5 Å². The molecule has 0 aliphatic carbocycles. The van der Waals surface area contributed by atoms with Gasteiger partial charge in [0.1, 0.15) is 23.1 Å². The van der Waals surface area contributed by atoms with Crippen molar-refractivity contribution in [1.29, 1.82) is 0 Å². The van der Waals surface area contributed by atoms with E-state index in [1.807, 2.05) is 66.7 Å². The number of aliphatic carboxylic acids is 1. The number of carbonyl (C=O) groups is 1. The van der Waals surface area contributed by atoms with Gasteiger partial charge < -0.3 is 19.9 Å². The number of rotatable bonds is 9. The Kier molecular flexibility index (Phi) is 6.88. The van der Waals surface area contributed by atoms with Crippen molar-refractivity contribution in [3.63, 3.8) is 0 Å². The van der Waals surface area contributed by atoms with Crippen LogP contribution >= 0.6 is 0 Å². The Morgan fingerprint density at radius 3 is 2.24 bits per heavy atom. The highest BCUT2D eigenvalue weighted by Crippen LogP contribution is 2.38. The summed E-state index contributed by atoms with van der Waals surface area (Å²) in [7, 11) is 0. The fraction of sp³-hybridized carbons (Fsp3) is 0.100. The van der Waals surface area contributed by atoms with Gasteiger partial charge in [0, 0.05) is 23.4 Å². The summed E-state index contributed by atoms with van der Waals surface area (Å²) in [5, 5.41) is 33.7. The number of furan rings is 1. The quantitative estimate of drug-likeness (QED) is 0.162. The molecule has 4 aromatic carbocycles. The van der Waals surface area contributed by atoms with Crippen LogP contribution < -0.4 is 5.32 Å². The van der Waals surface area contributed by atoms with E-state index in [2.05, 4.69) is 17.4 Å². The molecule has 0 spiro atoms.